The van der Waals surface area contributed by atoms with Crippen molar-refractivity contribution in [2.24, 2.45) is 0 Å². The minimum absolute atomic E-state index is 0. The van der Waals surface area contributed by atoms with Crippen molar-refractivity contribution in [3.05, 3.63) is 83.4 Å². The number of anilines is 1. The molecule has 0 bridgehead atoms. The van der Waals surface area contributed by atoms with Crippen molar-refractivity contribution in [3.8, 4) is 11.4 Å². The van der Waals surface area contributed by atoms with E-state index in [-0.39, 0.29) is 14.9 Å². The molecule has 0 spiro atoms. The van der Waals surface area contributed by atoms with Gasteiger partial charge in [0.1, 0.15) is 6.33 Å². The third kappa shape index (κ3) is 5.46. The molecule has 10 nitrogen and oxygen atoms in total. The number of nitro groups is 1. The average molecular weight is 382 g/mol. The fourth-order valence-corrected chi connectivity index (χ4v) is 2.02. The Labute approximate surface area is 162 Å². The summed E-state index contributed by atoms with van der Waals surface area (Å²) in [5.74, 6) is -0.104. The summed E-state index contributed by atoms with van der Waals surface area (Å²) in [5.41, 5.74) is 7.08. The number of benzene rings is 2. The molecule has 146 valence electrons. The first-order valence-electron chi connectivity index (χ1n) is 7.47. The van der Waals surface area contributed by atoms with Gasteiger partial charge in [0, 0.05) is 5.10 Å². The molecular weight excluding hydrogens is 360 g/mol. The van der Waals surface area contributed by atoms with Crippen molar-refractivity contribution < 1.29 is 4.92 Å². The van der Waals surface area contributed by atoms with Crippen LogP contribution in [0.1, 0.15) is 14.9 Å². The quantitative estimate of drug-likeness (QED) is 0.425. The standard InChI is InChI=1S/C8H6N4O2.C8H8N4.2CH4/c13-12(14)8-9-6-11(10-8)7-4-2-1-3-5-7;9-8-10-6-12(11-8)7-4-2-1-3-5-7;;/h1-6H;1-6H,(H2,9,11);2*1H4. The van der Waals surface area contributed by atoms with Crippen LogP contribution in [-0.4, -0.2) is 34.5 Å². The van der Waals surface area contributed by atoms with Crippen molar-refractivity contribution in [2.45, 2.75) is 14.9 Å². The highest BCUT2D eigenvalue weighted by Crippen LogP contribution is 2.07. The Morgan fingerprint density at radius 1 is 0.786 bits per heavy atom. The van der Waals surface area contributed by atoms with Crippen LogP contribution in [0.25, 0.3) is 11.4 Å². The molecule has 4 aromatic rings. The molecule has 2 aromatic heterocycles. The highest BCUT2D eigenvalue weighted by molar-refractivity contribution is 5.31. The molecule has 4 rings (SSSR count). The molecule has 2 heterocycles. The Kier molecular flexibility index (Phi) is 7.97. The first-order valence-corrected chi connectivity index (χ1v) is 7.47. The molecule has 2 aromatic carbocycles. The topological polar surface area (TPSA) is 131 Å². The van der Waals surface area contributed by atoms with E-state index in [0.717, 1.165) is 11.4 Å². The summed E-state index contributed by atoms with van der Waals surface area (Å²) in [5, 5.41) is 18.0. The second-order valence-corrected chi connectivity index (χ2v) is 4.96. The number of para-hydroxylation sites is 2. The molecule has 0 aliphatic rings. The minimum atomic E-state index is -0.626. The van der Waals surface area contributed by atoms with Crippen LogP contribution in [0.4, 0.5) is 11.9 Å². The molecule has 0 radical (unpaired) electrons. The van der Waals surface area contributed by atoms with E-state index in [1.807, 2.05) is 48.5 Å². The molecular formula is C18H22N8O2. The maximum absolute atomic E-state index is 10.3. The van der Waals surface area contributed by atoms with Crippen LogP contribution < -0.4 is 5.73 Å². The fourth-order valence-electron chi connectivity index (χ4n) is 2.02. The molecule has 0 fully saturated rings. The molecule has 0 saturated carbocycles. The molecule has 2 N–H and O–H groups in total. The second-order valence-electron chi connectivity index (χ2n) is 4.96. The van der Waals surface area contributed by atoms with Gasteiger partial charge in [-0.2, -0.15) is 0 Å². The van der Waals surface area contributed by atoms with E-state index < -0.39 is 10.9 Å². The van der Waals surface area contributed by atoms with Gasteiger partial charge >= 0.3 is 5.95 Å². The van der Waals surface area contributed by atoms with Gasteiger partial charge in [-0.15, -0.1) is 9.78 Å². The highest BCUT2D eigenvalue weighted by Gasteiger charge is 2.13. The molecule has 0 amide bonds. The van der Waals surface area contributed by atoms with Gasteiger partial charge < -0.3 is 15.8 Å². The molecule has 28 heavy (non-hydrogen) atoms. The molecule has 0 unspecified atom stereocenters. The van der Waals surface area contributed by atoms with Crippen LogP contribution in [0, 0.1) is 10.1 Å². The predicted molar refractivity (Wildman–Crippen MR) is 107 cm³/mol. The maximum atomic E-state index is 10.3. The predicted octanol–water partition coefficient (Wildman–Crippen LogP) is 3.30. The maximum Gasteiger partial charge on any atom is 0.491 e. The van der Waals surface area contributed by atoms with Crippen LogP contribution in [0.5, 0.6) is 0 Å². The Morgan fingerprint density at radius 3 is 1.64 bits per heavy atom. The number of nitrogen functional groups attached to an aromatic ring is 1. The van der Waals surface area contributed by atoms with Crippen molar-refractivity contribution >= 4 is 11.9 Å². The van der Waals surface area contributed by atoms with Gasteiger partial charge in [0.2, 0.25) is 12.3 Å². The Morgan fingerprint density at radius 2 is 1.25 bits per heavy atom. The van der Waals surface area contributed by atoms with Gasteiger partial charge in [-0.25, -0.2) is 9.67 Å². The lowest BCUT2D eigenvalue weighted by Gasteiger charge is -1.96. The van der Waals surface area contributed by atoms with E-state index in [1.54, 1.807) is 23.1 Å². The third-order valence-electron chi connectivity index (χ3n) is 3.19. The average Bonchev–Trinajstić information content (AvgIpc) is 3.33. The molecule has 0 aliphatic heterocycles. The summed E-state index contributed by atoms with van der Waals surface area (Å²) in [6.45, 7) is 0. The van der Waals surface area contributed by atoms with Crippen LogP contribution in [-0.2, 0) is 0 Å². The number of hydrogen-bond acceptors (Lipinski definition) is 7. The summed E-state index contributed by atoms with van der Waals surface area (Å²) in [7, 11) is 0. The molecule has 0 aliphatic carbocycles. The van der Waals surface area contributed by atoms with Crippen LogP contribution in [0.15, 0.2) is 73.3 Å². The van der Waals surface area contributed by atoms with Crippen molar-refractivity contribution in [1.82, 2.24) is 29.5 Å². The van der Waals surface area contributed by atoms with Gasteiger partial charge in [-0.3, -0.25) is 0 Å². The van der Waals surface area contributed by atoms with E-state index in [0.29, 0.717) is 5.95 Å². The summed E-state index contributed by atoms with van der Waals surface area (Å²) in [4.78, 5) is 17.1. The number of hydrogen-bond donors (Lipinski definition) is 1. The van der Waals surface area contributed by atoms with Crippen LogP contribution >= 0.6 is 0 Å². The zero-order valence-electron chi connectivity index (χ0n) is 13.5. The fraction of sp³-hybridized carbons (Fsp3) is 0.111. The summed E-state index contributed by atoms with van der Waals surface area (Å²) >= 11 is 0. The number of nitrogens with zero attached hydrogens (tertiary/aromatic N) is 7. The summed E-state index contributed by atoms with van der Waals surface area (Å²) < 4.78 is 2.99. The van der Waals surface area contributed by atoms with E-state index in [2.05, 4.69) is 20.2 Å². The largest absolute Gasteiger partial charge is 0.491 e. The molecule has 0 saturated heterocycles. The van der Waals surface area contributed by atoms with Gasteiger partial charge in [0.05, 0.1) is 11.4 Å². The summed E-state index contributed by atoms with van der Waals surface area (Å²) in [6.07, 6.45) is 2.90. The SMILES string of the molecule is C.C.Nc1ncn(-c2ccccc2)n1.O=[N+]([O-])c1ncn(-c2ccccc2)n1. The normalized spacial score (nSPS) is 9.29. The zero-order valence-corrected chi connectivity index (χ0v) is 13.5. The van der Waals surface area contributed by atoms with Crippen molar-refractivity contribution in [1.29, 1.82) is 0 Å². The van der Waals surface area contributed by atoms with Gasteiger partial charge in [-0.1, -0.05) is 56.2 Å². The van der Waals surface area contributed by atoms with E-state index in [9.17, 15) is 10.1 Å². The van der Waals surface area contributed by atoms with Gasteiger partial charge in [0.15, 0.2) is 0 Å². The van der Waals surface area contributed by atoms with Gasteiger partial charge in [-0.05, 0) is 29.2 Å². The minimum Gasteiger partial charge on any atom is -0.390 e. The lowest BCUT2D eigenvalue weighted by atomic mass is 10.3. The van der Waals surface area contributed by atoms with Crippen LogP contribution in [0.2, 0.25) is 0 Å². The Balaban J connectivity index is 0.000000264. The second kappa shape index (κ2) is 10.2. The van der Waals surface area contributed by atoms with Crippen LogP contribution in [0.3, 0.4) is 0 Å². The molecule has 0 atom stereocenters. The third-order valence-corrected chi connectivity index (χ3v) is 3.19. The highest BCUT2D eigenvalue weighted by atomic mass is 16.6. The van der Waals surface area contributed by atoms with Crippen molar-refractivity contribution in [2.75, 3.05) is 5.73 Å². The van der Waals surface area contributed by atoms with E-state index in [4.69, 9.17) is 5.73 Å². The molecule has 10 heteroatoms. The number of aromatic nitrogens is 6. The Bertz CT molecular complexity index is 983. The van der Waals surface area contributed by atoms with Crippen molar-refractivity contribution in [3.63, 3.8) is 0 Å². The smallest absolute Gasteiger partial charge is 0.390 e. The Hall–Kier alpha value is -4.08. The zero-order chi connectivity index (χ0) is 18.4. The van der Waals surface area contributed by atoms with E-state index >= 15 is 0 Å². The first kappa shape index (κ1) is 22.0. The number of nitrogens with two attached hydrogens (primary N) is 1. The monoisotopic (exact) mass is 382 g/mol. The van der Waals surface area contributed by atoms with E-state index in [1.165, 1.54) is 11.0 Å². The van der Waals surface area contributed by atoms with Gasteiger partial charge in [0.25, 0.3) is 0 Å². The first-order chi connectivity index (χ1) is 12.6. The lowest BCUT2D eigenvalue weighted by molar-refractivity contribution is -0.394. The number of rotatable bonds is 3. The lowest BCUT2D eigenvalue weighted by Crippen LogP contribution is -1.95. The summed E-state index contributed by atoms with van der Waals surface area (Å²) in [6, 6.07) is 18.8.